The predicted molar refractivity (Wildman–Crippen MR) is 94.0 cm³/mol. The van der Waals surface area contributed by atoms with Gasteiger partial charge in [0.05, 0.1) is 0 Å². The summed E-state index contributed by atoms with van der Waals surface area (Å²) in [5, 5.41) is 0. The Morgan fingerprint density at radius 1 is 1.18 bits per heavy atom. The fourth-order valence-electron chi connectivity index (χ4n) is 2.97. The molecule has 0 aromatic heterocycles. The van der Waals surface area contributed by atoms with E-state index in [2.05, 4.69) is 0 Å². The maximum Gasteiger partial charge on any atom is 0.258 e. The van der Waals surface area contributed by atoms with Crippen LogP contribution >= 0.6 is 12.4 Å². The zero-order valence-corrected chi connectivity index (χ0v) is 13.7. The van der Waals surface area contributed by atoms with Crippen molar-refractivity contribution < 1.29 is 4.79 Å². The molecule has 0 fully saturated rings. The predicted octanol–water partition coefficient (Wildman–Crippen LogP) is 3.90. The largest absolute Gasteiger partial charge is 0.398 e. The van der Waals surface area contributed by atoms with Gasteiger partial charge in [-0.2, -0.15) is 0 Å². The number of rotatable bonds is 1. The number of anilines is 2. The van der Waals surface area contributed by atoms with Crippen LogP contribution in [0.5, 0.6) is 0 Å². The van der Waals surface area contributed by atoms with Crippen molar-refractivity contribution >= 4 is 29.7 Å². The van der Waals surface area contributed by atoms with Gasteiger partial charge >= 0.3 is 0 Å². The van der Waals surface area contributed by atoms with E-state index in [0.717, 1.165) is 53.0 Å². The molecule has 0 atom stereocenters. The lowest BCUT2D eigenvalue weighted by Gasteiger charge is -2.30. The third kappa shape index (κ3) is 2.81. The minimum Gasteiger partial charge on any atom is -0.398 e. The number of hydrogen-bond donors (Lipinski definition) is 1. The molecule has 0 bridgehead atoms. The molecule has 2 aromatic carbocycles. The molecular formula is C18H21ClN2O. The van der Waals surface area contributed by atoms with Gasteiger partial charge in [-0.1, -0.05) is 23.8 Å². The van der Waals surface area contributed by atoms with Crippen LogP contribution in [0.4, 0.5) is 11.4 Å². The summed E-state index contributed by atoms with van der Waals surface area (Å²) in [6.07, 6.45) is 1.90. The summed E-state index contributed by atoms with van der Waals surface area (Å²) in [5.74, 6) is 0.0720. The van der Waals surface area contributed by atoms with Crippen molar-refractivity contribution in [2.45, 2.75) is 26.7 Å². The summed E-state index contributed by atoms with van der Waals surface area (Å²) in [7, 11) is 0. The number of nitrogens with two attached hydrogens (primary N) is 1. The second-order valence-electron chi connectivity index (χ2n) is 5.72. The van der Waals surface area contributed by atoms with Crippen molar-refractivity contribution in [3.8, 4) is 0 Å². The van der Waals surface area contributed by atoms with Crippen molar-refractivity contribution in [3.05, 3.63) is 58.7 Å². The van der Waals surface area contributed by atoms with E-state index in [-0.39, 0.29) is 18.3 Å². The van der Waals surface area contributed by atoms with Crippen LogP contribution in [0.1, 0.15) is 33.5 Å². The summed E-state index contributed by atoms with van der Waals surface area (Å²) in [5.41, 5.74) is 11.8. The summed E-state index contributed by atoms with van der Waals surface area (Å²) in [6.45, 7) is 4.75. The van der Waals surface area contributed by atoms with Gasteiger partial charge in [-0.05, 0) is 56.0 Å². The molecule has 3 rings (SSSR count). The lowest BCUT2D eigenvalue weighted by molar-refractivity contribution is 0.0984. The molecule has 0 spiro atoms. The van der Waals surface area contributed by atoms with Gasteiger partial charge in [0.1, 0.15) is 0 Å². The van der Waals surface area contributed by atoms with E-state index < -0.39 is 0 Å². The molecule has 1 aliphatic rings. The van der Waals surface area contributed by atoms with Crippen LogP contribution in [0, 0.1) is 13.8 Å². The molecule has 1 heterocycles. The Bertz CT molecular complexity index is 712. The summed E-state index contributed by atoms with van der Waals surface area (Å²) in [6, 6.07) is 11.8. The zero-order valence-electron chi connectivity index (χ0n) is 12.9. The van der Waals surface area contributed by atoms with Crippen LogP contribution in [0.2, 0.25) is 0 Å². The summed E-state index contributed by atoms with van der Waals surface area (Å²) in [4.78, 5) is 14.8. The Morgan fingerprint density at radius 3 is 2.73 bits per heavy atom. The fraction of sp³-hybridized carbons (Fsp3) is 0.278. The van der Waals surface area contributed by atoms with Crippen molar-refractivity contribution in [3.63, 3.8) is 0 Å². The second kappa shape index (κ2) is 6.41. The maximum atomic E-state index is 12.9. The average Bonchev–Trinajstić information content (AvgIpc) is 2.49. The molecule has 22 heavy (non-hydrogen) atoms. The smallest absolute Gasteiger partial charge is 0.258 e. The van der Waals surface area contributed by atoms with Gasteiger partial charge in [0, 0.05) is 23.5 Å². The van der Waals surface area contributed by atoms with Gasteiger partial charge in [-0.3, -0.25) is 4.79 Å². The van der Waals surface area contributed by atoms with Crippen molar-refractivity contribution in [2.24, 2.45) is 0 Å². The highest BCUT2D eigenvalue weighted by atomic mass is 35.5. The van der Waals surface area contributed by atoms with Gasteiger partial charge in [-0.15, -0.1) is 12.4 Å². The van der Waals surface area contributed by atoms with E-state index in [9.17, 15) is 4.79 Å². The van der Waals surface area contributed by atoms with Crippen LogP contribution in [0.3, 0.4) is 0 Å². The third-order valence-electron chi connectivity index (χ3n) is 4.16. The molecule has 2 aromatic rings. The number of benzene rings is 2. The first-order valence-electron chi connectivity index (χ1n) is 7.34. The van der Waals surface area contributed by atoms with Crippen LogP contribution in [0.25, 0.3) is 0 Å². The van der Waals surface area contributed by atoms with Gasteiger partial charge in [-0.25, -0.2) is 0 Å². The molecule has 0 unspecified atom stereocenters. The van der Waals surface area contributed by atoms with E-state index in [0.29, 0.717) is 0 Å². The van der Waals surface area contributed by atoms with Crippen LogP contribution in [-0.2, 0) is 6.42 Å². The van der Waals surface area contributed by atoms with Crippen LogP contribution < -0.4 is 10.6 Å². The molecule has 0 saturated heterocycles. The number of nitrogens with zero attached hydrogens (tertiary/aromatic N) is 1. The highest BCUT2D eigenvalue weighted by molar-refractivity contribution is 6.08. The van der Waals surface area contributed by atoms with E-state index in [1.807, 2.05) is 55.1 Å². The second-order valence-corrected chi connectivity index (χ2v) is 5.72. The van der Waals surface area contributed by atoms with Gasteiger partial charge in [0.25, 0.3) is 5.91 Å². The number of aryl methyl sites for hydroxylation is 2. The molecule has 1 aliphatic heterocycles. The number of nitrogen functional groups attached to an aromatic ring is 1. The summed E-state index contributed by atoms with van der Waals surface area (Å²) < 4.78 is 0. The minimum atomic E-state index is 0. The molecule has 1 amide bonds. The molecule has 0 aliphatic carbocycles. The Labute approximate surface area is 137 Å². The number of hydrogen-bond acceptors (Lipinski definition) is 2. The van der Waals surface area contributed by atoms with Crippen LogP contribution in [0.15, 0.2) is 36.4 Å². The first-order valence-corrected chi connectivity index (χ1v) is 7.34. The number of carbonyl (C=O) groups is 1. The standard InChI is InChI=1S/C18H20N2O.ClH/c1-12-8-9-13(2)15(11-12)18(21)20-10-4-5-14-16(19)6-3-7-17(14)20;/h3,6-9,11H,4-5,10,19H2,1-2H3;1H. The number of fused-ring (bicyclic) bond motifs is 1. The first-order chi connectivity index (χ1) is 10.1. The maximum absolute atomic E-state index is 12.9. The monoisotopic (exact) mass is 316 g/mol. The molecule has 0 saturated carbocycles. The van der Waals surface area contributed by atoms with Gasteiger partial charge in [0.15, 0.2) is 0 Å². The lowest BCUT2D eigenvalue weighted by Crippen LogP contribution is -2.36. The SMILES string of the molecule is Cc1ccc(C)c(C(=O)N2CCCc3c(N)cccc32)c1.Cl. The van der Waals surface area contributed by atoms with E-state index in [4.69, 9.17) is 5.73 Å². The number of amides is 1. The Balaban J connectivity index is 0.00000176. The molecule has 116 valence electrons. The topological polar surface area (TPSA) is 46.3 Å². The Kier molecular flexibility index (Phi) is 4.77. The Morgan fingerprint density at radius 2 is 1.95 bits per heavy atom. The lowest BCUT2D eigenvalue weighted by atomic mass is 9.98. The molecule has 0 radical (unpaired) electrons. The third-order valence-corrected chi connectivity index (χ3v) is 4.16. The van der Waals surface area contributed by atoms with E-state index in [1.54, 1.807) is 0 Å². The molecule has 4 heteroatoms. The normalized spacial score (nSPS) is 13.3. The highest BCUT2D eigenvalue weighted by Crippen LogP contribution is 2.32. The van der Waals surface area contributed by atoms with Gasteiger partial charge in [0.2, 0.25) is 0 Å². The first kappa shape index (κ1) is 16.4. The molecule has 2 N–H and O–H groups in total. The molecule has 3 nitrogen and oxygen atoms in total. The van der Waals surface area contributed by atoms with E-state index >= 15 is 0 Å². The van der Waals surface area contributed by atoms with Crippen molar-refractivity contribution in [1.29, 1.82) is 0 Å². The van der Waals surface area contributed by atoms with Gasteiger partial charge < -0.3 is 10.6 Å². The quantitative estimate of drug-likeness (QED) is 0.811. The fourth-order valence-corrected chi connectivity index (χ4v) is 2.97. The van der Waals surface area contributed by atoms with E-state index in [1.165, 1.54) is 0 Å². The Hall–Kier alpha value is -2.00. The highest BCUT2D eigenvalue weighted by Gasteiger charge is 2.25. The van der Waals surface area contributed by atoms with Crippen molar-refractivity contribution in [1.82, 2.24) is 0 Å². The minimum absolute atomic E-state index is 0. The average molecular weight is 317 g/mol. The number of halogens is 1. The molecular weight excluding hydrogens is 296 g/mol. The summed E-state index contributed by atoms with van der Waals surface area (Å²) >= 11 is 0. The van der Waals surface area contributed by atoms with Crippen molar-refractivity contribution in [2.75, 3.05) is 17.2 Å². The van der Waals surface area contributed by atoms with Crippen LogP contribution in [-0.4, -0.2) is 12.5 Å². The zero-order chi connectivity index (χ0) is 15.0. The number of carbonyl (C=O) groups excluding carboxylic acids is 1.